The van der Waals surface area contributed by atoms with Crippen LogP contribution in [-0.4, -0.2) is 20.9 Å². The highest BCUT2D eigenvalue weighted by Crippen LogP contribution is 2.23. The summed E-state index contributed by atoms with van der Waals surface area (Å²) in [5.41, 5.74) is 0.0512. The Hall–Kier alpha value is -2.17. The highest BCUT2D eigenvalue weighted by atomic mass is 16.4. The van der Waals surface area contributed by atoms with Crippen molar-refractivity contribution in [2.24, 2.45) is 5.41 Å². The minimum absolute atomic E-state index is 0.0751. The molecule has 2 rings (SSSR count). The van der Waals surface area contributed by atoms with E-state index in [1.807, 2.05) is 22.9 Å². The van der Waals surface area contributed by atoms with Crippen molar-refractivity contribution in [3.05, 3.63) is 40.7 Å². The number of fused-ring (bicyclic) bond motifs is 1. The number of carboxylic acid groups (broad SMARTS) is 1. The van der Waals surface area contributed by atoms with Crippen molar-refractivity contribution in [3.63, 3.8) is 0 Å². The summed E-state index contributed by atoms with van der Waals surface area (Å²) in [5.74, 6) is -0.769. The number of hydrogen-bond acceptors (Lipinski definition) is 3. The fourth-order valence-corrected chi connectivity index (χ4v) is 2.27. The van der Waals surface area contributed by atoms with Crippen LogP contribution in [0.4, 0.5) is 0 Å². The second kappa shape index (κ2) is 6.08. The summed E-state index contributed by atoms with van der Waals surface area (Å²) in [4.78, 5) is 22.8. The monoisotopic (exact) mass is 288 g/mol. The summed E-state index contributed by atoms with van der Waals surface area (Å²) in [7, 11) is 0. The highest BCUT2D eigenvalue weighted by Gasteiger charge is 2.25. The molecule has 0 saturated carbocycles. The SMILES string of the molecule is CC(C)(CCCCn1ncc(=O)c2ccccc21)C(=O)O. The first kappa shape index (κ1) is 15.2. The standard InChI is InChI=1S/C16H20N2O3/c1-16(2,15(20)21)9-5-6-10-18-13-8-4-3-7-12(13)14(19)11-17-18/h3-4,7-8,11H,5-6,9-10H2,1-2H3,(H,20,21). The largest absolute Gasteiger partial charge is 0.481 e. The van der Waals surface area contributed by atoms with Gasteiger partial charge in [-0.25, -0.2) is 0 Å². The van der Waals surface area contributed by atoms with Gasteiger partial charge in [0.25, 0.3) is 0 Å². The highest BCUT2D eigenvalue weighted by molar-refractivity contribution is 5.77. The zero-order valence-electron chi connectivity index (χ0n) is 12.4. The number of carboxylic acids is 1. The molecule has 0 amide bonds. The number of benzene rings is 1. The smallest absolute Gasteiger partial charge is 0.309 e. The number of rotatable bonds is 6. The molecule has 0 aliphatic carbocycles. The Morgan fingerprint density at radius 1 is 1.29 bits per heavy atom. The van der Waals surface area contributed by atoms with Gasteiger partial charge in [0, 0.05) is 11.9 Å². The molecule has 0 aliphatic heterocycles. The summed E-state index contributed by atoms with van der Waals surface area (Å²) in [5, 5.41) is 13.9. The Labute approximate surface area is 123 Å². The van der Waals surface area contributed by atoms with E-state index in [1.165, 1.54) is 6.20 Å². The van der Waals surface area contributed by atoms with Crippen LogP contribution in [0.2, 0.25) is 0 Å². The quantitative estimate of drug-likeness (QED) is 0.829. The fourth-order valence-electron chi connectivity index (χ4n) is 2.27. The molecule has 112 valence electrons. The predicted octanol–water partition coefficient (Wildman–Crippen LogP) is 2.68. The van der Waals surface area contributed by atoms with Gasteiger partial charge in [-0.3, -0.25) is 14.3 Å². The van der Waals surface area contributed by atoms with Crippen molar-refractivity contribution < 1.29 is 9.90 Å². The van der Waals surface area contributed by atoms with Crippen LogP contribution in [0.5, 0.6) is 0 Å². The van der Waals surface area contributed by atoms with Gasteiger partial charge in [0.05, 0.1) is 17.1 Å². The molecule has 1 heterocycles. The van der Waals surface area contributed by atoms with E-state index in [-0.39, 0.29) is 5.43 Å². The molecule has 1 N–H and O–H groups in total. The summed E-state index contributed by atoms with van der Waals surface area (Å²) >= 11 is 0. The Bertz CT molecular complexity index is 704. The first-order valence-electron chi connectivity index (χ1n) is 7.10. The Balaban J connectivity index is 2.04. The lowest BCUT2D eigenvalue weighted by Gasteiger charge is -2.18. The maximum Gasteiger partial charge on any atom is 0.309 e. The van der Waals surface area contributed by atoms with Gasteiger partial charge in [-0.15, -0.1) is 0 Å². The lowest BCUT2D eigenvalue weighted by Crippen LogP contribution is -2.23. The third-order valence-corrected chi connectivity index (χ3v) is 3.76. The van der Waals surface area contributed by atoms with Gasteiger partial charge in [-0.05, 0) is 38.8 Å². The van der Waals surface area contributed by atoms with E-state index in [9.17, 15) is 9.59 Å². The van der Waals surface area contributed by atoms with Crippen LogP contribution in [0.15, 0.2) is 35.3 Å². The Morgan fingerprint density at radius 2 is 2.00 bits per heavy atom. The molecule has 0 aliphatic rings. The summed E-state index contributed by atoms with van der Waals surface area (Å²) in [6.45, 7) is 4.15. The van der Waals surface area contributed by atoms with E-state index in [0.29, 0.717) is 18.4 Å². The van der Waals surface area contributed by atoms with Gasteiger partial charge in [-0.1, -0.05) is 18.6 Å². The average molecular weight is 288 g/mol. The van der Waals surface area contributed by atoms with E-state index in [1.54, 1.807) is 19.9 Å². The van der Waals surface area contributed by atoms with E-state index in [2.05, 4.69) is 5.10 Å². The zero-order valence-corrected chi connectivity index (χ0v) is 12.4. The van der Waals surface area contributed by atoms with Crippen LogP contribution in [0, 0.1) is 5.41 Å². The number of carbonyl (C=O) groups is 1. The normalized spacial score (nSPS) is 11.7. The first-order valence-corrected chi connectivity index (χ1v) is 7.10. The van der Waals surface area contributed by atoms with E-state index >= 15 is 0 Å². The predicted molar refractivity (Wildman–Crippen MR) is 81.3 cm³/mol. The maximum absolute atomic E-state index is 11.7. The minimum atomic E-state index is -0.769. The summed E-state index contributed by atoms with van der Waals surface area (Å²) in [6, 6.07) is 7.39. The van der Waals surface area contributed by atoms with Gasteiger partial charge in [0.15, 0.2) is 0 Å². The van der Waals surface area contributed by atoms with Gasteiger partial charge < -0.3 is 5.11 Å². The van der Waals surface area contributed by atoms with E-state index < -0.39 is 11.4 Å². The number of para-hydroxylation sites is 1. The third kappa shape index (κ3) is 3.48. The first-order chi connectivity index (χ1) is 9.92. The summed E-state index contributed by atoms with van der Waals surface area (Å²) in [6.07, 6.45) is 3.60. The van der Waals surface area contributed by atoms with Crippen molar-refractivity contribution in [1.29, 1.82) is 0 Å². The number of aliphatic carboxylic acids is 1. The lowest BCUT2D eigenvalue weighted by molar-refractivity contribution is -0.147. The molecule has 5 heteroatoms. The molecule has 0 bridgehead atoms. The number of aromatic nitrogens is 2. The Morgan fingerprint density at radius 3 is 2.71 bits per heavy atom. The Kier molecular flexibility index (Phi) is 4.40. The van der Waals surface area contributed by atoms with Crippen molar-refractivity contribution >= 4 is 16.9 Å². The summed E-state index contributed by atoms with van der Waals surface area (Å²) < 4.78 is 1.81. The van der Waals surface area contributed by atoms with Crippen LogP contribution in [0.25, 0.3) is 10.9 Å². The number of aryl methyl sites for hydroxylation is 1. The molecule has 5 nitrogen and oxygen atoms in total. The van der Waals surface area contributed by atoms with Crippen LogP contribution in [-0.2, 0) is 11.3 Å². The van der Waals surface area contributed by atoms with Crippen LogP contribution >= 0.6 is 0 Å². The molecule has 2 aromatic rings. The second-order valence-electron chi connectivity index (χ2n) is 5.90. The van der Waals surface area contributed by atoms with Crippen LogP contribution < -0.4 is 5.43 Å². The van der Waals surface area contributed by atoms with Gasteiger partial charge in [-0.2, -0.15) is 5.10 Å². The molecule has 0 spiro atoms. The molecule has 0 unspecified atom stereocenters. The molecule has 21 heavy (non-hydrogen) atoms. The molecule has 0 atom stereocenters. The van der Waals surface area contributed by atoms with Crippen molar-refractivity contribution in [2.75, 3.05) is 0 Å². The molecular weight excluding hydrogens is 268 g/mol. The van der Waals surface area contributed by atoms with Gasteiger partial charge in [0.1, 0.15) is 0 Å². The van der Waals surface area contributed by atoms with Crippen LogP contribution in [0.3, 0.4) is 0 Å². The molecule has 0 radical (unpaired) electrons. The average Bonchev–Trinajstić information content (AvgIpc) is 2.46. The van der Waals surface area contributed by atoms with Crippen LogP contribution in [0.1, 0.15) is 33.1 Å². The molecule has 1 aromatic heterocycles. The maximum atomic E-state index is 11.7. The zero-order chi connectivity index (χ0) is 15.5. The van der Waals surface area contributed by atoms with E-state index in [4.69, 9.17) is 5.11 Å². The minimum Gasteiger partial charge on any atom is -0.481 e. The van der Waals surface area contributed by atoms with Gasteiger partial charge in [0.2, 0.25) is 5.43 Å². The van der Waals surface area contributed by atoms with Gasteiger partial charge >= 0.3 is 5.97 Å². The topological polar surface area (TPSA) is 72.2 Å². The fraction of sp³-hybridized carbons (Fsp3) is 0.438. The third-order valence-electron chi connectivity index (χ3n) is 3.76. The number of hydrogen-bond donors (Lipinski definition) is 1. The van der Waals surface area contributed by atoms with Crippen molar-refractivity contribution in [1.82, 2.24) is 9.78 Å². The second-order valence-corrected chi connectivity index (χ2v) is 5.90. The number of unbranched alkanes of at least 4 members (excludes halogenated alkanes) is 1. The molecular formula is C16H20N2O3. The van der Waals surface area contributed by atoms with Crippen molar-refractivity contribution in [3.8, 4) is 0 Å². The molecule has 0 fully saturated rings. The number of nitrogens with zero attached hydrogens (tertiary/aromatic N) is 2. The van der Waals surface area contributed by atoms with E-state index in [0.717, 1.165) is 18.4 Å². The molecule has 0 saturated heterocycles. The lowest BCUT2D eigenvalue weighted by atomic mass is 9.87. The molecule has 1 aromatic carbocycles. The van der Waals surface area contributed by atoms with Crippen molar-refractivity contribution in [2.45, 2.75) is 39.7 Å².